The SMILES string of the molecule is O=C(Nc1ccc(N2CCCCC2)cc1)C1CCN(C(=O)C2CCOCC2)CC1. The molecule has 4 rings (SSSR count). The summed E-state index contributed by atoms with van der Waals surface area (Å²) < 4.78 is 5.36. The minimum absolute atomic E-state index is 0.0180. The number of piperidine rings is 2. The Kier molecular flexibility index (Phi) is 6.70. The Morgan fingerprint density at radius 2 is 1.48 bits per heavy atom. The maximum atomic E-state index is 12.7. The van der Waals surface area contributed by atoms with Gasteiger partial charge in [-0.05, 0) is 69.2 Å². The summed E-state index contributed by atoms with van der Waals surface area (Å²) in [5.41, 5.74) is 2.10. The van der Waals surface area contributed by atoms with Crippen LogP contribution in [-0.4, -0.2) is 56.1 Å². The molecule has 0 saturated carbocycles. The summed E-state index contributed by atoms with van der Waals surface area (Å²) in [6.45, 7) is 4.98. The number of hydrogen-bond donors (Lipinski definition) is 1. The molecule has 1 aromatic rings. The second-order valence-electron chi connectivity index (χ2n) is 8.57. The highest BCUT2D eigenvalue weighted by molar-refractivity contribution is 5.93. The van der Waals surface area contributed by atoms with Gasteiger partial charge < -0.3 is 19.9 Å². The van der Waals surface area contributed by atoms with Crippen LogP contribution >= 0.6 is 0 Å². The number of likely N-dealkylation sites (tertiary alicyclic amines) is 1. The van der Waals surface area contributed by atoms with Crippen LogP contribution in [0.15, 0.2) is 24.3 Å². The van der Waals surface area contributed by atoms with Crippen LogP contribution in [0.5, 0.6) is 0 Å². The number of hydrogen-bond acceptors (Lipinski definition) is 4. The van der Waals surface area contributed by atoms with Gasteiger partial charge in [0.05, 0.1) is 0 Å². The molecule has 6 nitrogen and oxygen atoms in total. The minimum atomic E-state index is -0.0180. The zero-order valence-electron chi connectivity index (χ0n) is 17.3. The van der Waals surface area contributed by atoms with E-state index in [4.69, 9.17) is 4.74 Å². The minimum Gasteiger partial charge on any atom is -0.381 e. The monoisotopic (exact) mass is 399 g/mol. The van der Waals surface area contributed by atoms with E-state index in [1.165, 1.54) is 24.9 Å². The molecule has 3 heterocycles. The first kappa shape index (κ1) is 20.2. The molecule has 2 amide bonds. The maximum Gasteiger partial charge on any atom is 0.227 e. The molecule has 3 aliphatic heterocycles. The summed E-state index contributed by atoms with van der Waals surface area (Å²) in [4.78, 5) is 29.7. The van der Waals surface area contributed by atoms with E-state index < -0.39 is 0 Å². The highest BCUT2D eigenvalue weighted by Crippen LogP contribution is 2.25. The quantitative estimate of drug-likeness (QED) is 0.844. The van der Waals surface area contributed by atoms with Crippen LogP contribution < -0.4 is 10.2 Å². The lowest BCUT2D eigenvalue weighted by atomic mass is 9.93. The Morgan fingerprint density at radius 3 is 2.14 bits per heavy atom. The van der Waals surface area contributed by atoms with Crippen molar-refractivity contribution in [3.63, 3.8) is 0 Å². The molecule has 0 atom stereocenters. The van der Waals surface area contributed by atoms with Crippen LogP contribution in [0.3, 0.4) is 0 Å². The summed E-state index contributed by atoms with van der Waals surface area (Å²) in [5, 5.41) is 3.07. The zero-order chi connectivity index (χ0) is 20.1. The molecule has 3 aliphatic rings. The third kappa shape index (κ3) is 5.10. The number of ether oxygens (including phenoxy) is 1. The largest absolute Gasteiger partial charge is 0.381 e. The van der Waals surface area contributed by atoms with Crippen molar-refractivity contribution in [1.82, 2.24) is 4.90 Å². The fraction of sp³-hybridized carbons (Fsp3) is 0.652. The van der Waals surface area contributed by atoms with Crippen molar-refractivity contribution >= 4 is 23.2 Å². The molecule has 3 fully saturated rings. The molecule has 0 unspecified atom stereocenters. The highest BCUT2D eigenvalue weighted by atomic mass is 16.5. The summed E-state index contributed by atoms with van der Waals surface area (Å²) >= 11 is 0. The maximum absolute atomic E-state index is 12.7. The lowest BCUT2D eigenvalue weighted by Crippen LogP contribution is -2.45. The first-order chi connectivity index (χ1) is 14.2. The average Bonchev–Trinajstić information content (AvgIpc) is 2.80. The fourth-order valence-electron chi connectivity index (χ4n) is 4.72. The van der Waals surface area contributed by atoms with Crippen molar-refractivity contribution < 1.29 is 14.3 Å². The Hall–Kier alpha value is -2.08. The molecule has 3 saturated heterocycles. The van der Waals surface area contributed by atoms with E-state index in [1.54, 1.807) is 0 Å². The number of rotatable bonds is 4. The number of nitrogens with zero attached hydrogens (tertiary/aromatic N) is 2. The van der Waals surface area contributed by atoms with Crippen molar-refractivity contribution in [1.29, 1.82) is 0 Å². The topological polar surface area (TPSA) is 61.9 Å². The van der Waals surface area contributed by atoms with Gasteiger partial charge in [0.25, 0.3) is 0 Å². The molecule has 158 valence electrons. The first-order valence-corrected chi connectivity index (χ1v) is 11.2. The zero-order valence-corrected chi connectivity index (χ0v) is 17.3. The van der Waals surface area contributed by atoms with E-state index in [0.717, 1.165) is 44.5 Å². The molecule has 6 heteroatoms. The van der Waals surface area contributed by atoms with E-state index in [-0.39, 0.29) is 23.7 Å². The predicted molar refractivity (Wildman–Crippen MR) is 114 cm³/mol. The number of carbonyl (C=O) groups is 2. The Balaban J connectivity index is 1.24. The Morgan fingerprint density at radius 1 is 0.828 bits per heavy atom. The van der Waals surface area contributed by atoms with Crippen LogP contribution in [0, 0.1) is 11.8 Å². The van der Waals surface area contributed by atoms with Crippen LogP contribution in [0.1, 0.15) is 44.9 Å². The third-order valence-electron chi connectivity index (χ3n) is 6.60. The van der Waals surface area contributed by atoms with Gasteiger partial charge in [-0.25, -0.2) is 0 Å². The van der Waals surface area contributed by atoms with Crippen molar-refractivity contribution in [3.8, 4) is 0 Å². The van der Waals surface area contributed by atoms with Crippen LogP contribution in [0.25, 0.3) is 0 Å². The lowest BCUT2D eigenvalue weighted by molar-refractivity contribution is -0.141. The molecule has 1 N–H and O–H groups in total. The van der Waals surface area contributed by atoms with Gasteiger partial charge in [0.1, 0.15) is 0 Å². The predicted octanol–water partition coefficient (Wildman–Crippen LogP) is 3.28. The molecule has 29 heavy (non-hydrogen) atoms. The molecule has 0 spiro atoms. The van der Waals surface area contributed by atoms with Crippen LogP contribution in [0.4, 0.5) is 11.4 Å². The molecule has 0 aromatic heterocycles. The van der Waals surface area contributed by atoms with Crippen molar-refractivity contribution in [2.24, 2.45) is 11.8 Å². The number of carbonyl (C=O) groups excluding carboxylic acids is 2. The van der Waals surface area contributed by atoms with E-state index in [9.17, 15) is 9.59 Å². The smallest absolute Gasteiger partial charge is 0.227 e. The summed E-state index contributed by atoms with van der Waals surface area (Å²) in [6.07, 6.45) is 6.98. The first-order valence-electron chi connectivity index (χ1n) is 11.2. The van der Waals surface area contributed by atoms with E-state index >= 15 is 0 Å². The molecule has 0 radical (unpaired) electrons. The number of nitrogens with one attached hydrogen (secondary N) is 1. The second-order valence-corrected chi connectivity index (χ2v) is 8.57. The molecular formula is C23H33N3O3. The van der Waals surface area contributed by atoms with Gasteiger partial charge >= 0.3 is 0 Å². The highest BCUT2D eigenvalue weighted by Gasteiger charge is 2.31. The van der Waals surface area contributed by atoms with Gasteiger partial charge in [-0.1, -0.05) is 0 Å². The van der Waals surface area contributed by atoms with Gasteiger partial charge in [-0.2, -0.15) is 0 Å². The van der Waals surface area contributed by atoms with Crippen molar-refractivity contribution in [2.75, 3.05) is 49.6 Å². The number of amides is 2. The normalized spacial score (nSPS) is 21.8. The lowest BCUT2D eigenvalue weighted by Gasteiger charge is -2.34. The van der Waals surface area contributed by atoms with Crippen LogP contribution in [0.2, 0.25) is 0 Å². The fourth-order valence-corrected chi connectivity index (χ4v) is 4.72. The Labute approximate surface area is 173 Å². The standard InChI is InChI=1S/C23H33N3O3/c27-22(24-20-4-6-21(7-5-20)25-12-2-1-3-13-25)18-8-14-26(15-9-18)23(28)19-10-16-29-17-11-19/h4-7,18-19H,1-3,8-17H2,(H,24,27). The second kappa shape index (κ2) is 9.61. The molecular weight excluding hydrogens is 366 g/mol. The van der Waals surface area contributed by atoms with Gasteiger partial charge in [0.2, 0.25) is 11.8 Å². The average molecular weight is 400 g/mol. The summed E-state index contributed by atoms with van der Waals surface area (Å²) in [7, 11) is 0. The van der Waals surface area contributed by atoms with E-state index in [2.05, 4.69) is 22.3 Å². The van der Waals surface area contributed by atoms with Gasteiger partial charge in [-0.15, -0.1) is 0 Å². The van der Waals surface area contributed by atoms with Crippen molar-refractivity contribution in [3.05, 3.63) is 24.3 Å². The summed E-state index contributed by atoms with van der Waals surface area (Å²) in [5.74, 6) is 0.414. The Bertz CT molecular complexity index is 686. The number of anilines is 2. The van der Waals surface area contributed by atoms with Gasteiger partial charge in [0.15, 0.2) is 0 Å². The van der Waals surface area contributed by atoms with E-state index in [1.807, 2.05) is 17.0 Å². The summed E-state index contributed by atoms with van der Waals surface area (Å²) in [6, 6.07) is 8.23. The van der Waals surface area contributed by atoms with E-state index in [0.29, 0.717) is 26.3 Å². The molecule has 0 bridgehead atoms. The van der Waals surface area contributed by atoms with Crippen molar-refractivity contribution in [2.45, 2.75) is 44.9 Å². The van der Waals surface area contributed by atoms with Crippen LogP contribution in [-0.2, 0) is 14.3 Å². The third-order valence-corrected chi connectivity index (χ3v) is 6.60. The van der Waals surface area contributed by atoms with Gasteiger partial charge in [-0.3, -0.25) is 9.59 Å². The number of benzene rings is 1. The molecule has 0 aliphatic carbocycles. The molecule has 1 aromatic carbocycles. The van der Waals surface area contributed by atoms with Gasteiger partial charge in [0, 0.05) is 62.6 Å².